The van der Waals surface area contributed by atoms with Gasteiger partial charge in [0.05, 0.1) is 12.1 Å². The van der Waals surface area contributed by atoms with Crippen molar-refractivity contribution >= 4 is 11.9 Å². The highest BCUT2D eigenvalue weighted by Gasteiger charge is 2.20. The molecule has 8 heteroatoms. The number of hydrogen-bond donors (Lipinski definition) is 1. The molecule has 2 aromatic heterocycles. The van der Waals surface area contributed by atoms with Gasteiger partial charge in [0.2, 0.25) is 5.95 Å². The number of carbonyl (C=O) groups excluding carboxylic acids is 1. The number of nitrogens with one attached hydrogen (secondary N) is 1. The molecule has 0 radical (unpaired) electrons. The van der Waals surface area contributed by atoms with Crippen LogP contribution in [0.5, 0.6) is 0 Å². The zero-order valence-corrected chi connectivity index (χ0v) is 21.3. The highest BCUT2D eigenvalue weighted by molar-refractivity contribution is 5.99. The van der Waals surface area contributed by atoms with Gasteiger partial charge in [-0.25, -0.2) is 9.97 Å². The highest BCUT2D eigenvalue weighted by atomic mass is 16.1. The van der Waals surface area contributed by atoms with E-state index in [0.29, 0.717) is 24.3 Å². The van der Waals surface area contributed by atoms with Gasteiger partial charge in [-0.3, -0.25) is 14.4 Å². The molecule has 2 aromatic carbocycles. The first-order valence-electron chi connectivity index (χ1n) is 12.9. The molecule has 0 atom stereocenters. The Morgan fingerprint density at radius 2 is 1.65 bits per heavy atom. The lowest BCUT2D eigenvalue weighted by Crippen LogP contribution is -2.47. The fourth-order valence-corrected chi connectivity index (χ4v) is 4.59. The molecular formula is C29H33N7O. The lowest BCUT2D eigenvalue weighted by molar-refractivity contribution is 0.0952. The number of aromatic nitrogens is 4. The van der Waals surface area contributed by atoms with E-state index in [1.807, 2.05) is 47.3 Å². The molecule has 1 saturated heterocycles. The molecule has 1 fully saturated rings. The molecule has 0 unspecified atom stereocenters. The average molecular weight is 496 g/mol. The van der Waals surface area contributed by atoms with Crippen LogP contribution in [0.15, 0.2) is 79.3 Å². The van der Waals surface area contributed by atoms with E-state index in [1.54, 1.807) is 12.4 Å². The fraction of sp³-hybridized carbons (Fsp3) is 0.310. The van der Waals surface area contributed by atoms with Crippen molar-refractivity contribution in [1.29, 1.82) is 0 Å². The Morgan fingerprint density at radius 1 is 0.919 bits per heavy atom. The topological polar surface area (TPSA) is 79.2 Å². The van der Waals surface area contributed by atoms with Gasteiger partial charge in [0, 0.05) is 56.9 Å². The van der Waals surface area contributed by atoms with E-state index in [9.17, 15) is 4.79 Å². The lowest BCUT2D eigenvalue weighted by atomic mass is 10.1. The second-order valence-corrected chi connectivity index (χ2v) is 9.43. The molecule has 1 aliphatic heterocycles. The molecule has 4 aromatic rings. The van der Waals surface area contributed by atoms with Crippen molar-refractivity contribution in [3.63, 3.8) is 0 Å². The van der Waals surface area contributed by atoms with Crippen LogP contribution in [0, 0.1) is 6.92 Å². The van der Waals surface area contributed by atoms with E-state index >= 15 is 0 Å². The van der Waals surface area contributed by atoms with Gasteiger partial charge in [0.15, 0.2) is 0 Å². The number of aryl methyl sites for hydroxylation is 1. The molecule has 8 nitrogen and oxygen atoms in total. The van der Waals surface area contributed by atoms with Crippen molar-refractivity contribution in [2.75, 3.05) is 44.2 Å². The van der Waals surface area contributed by atoms with Gasteiger partial charge in [-0.15, -0.1) is 0 Å². The molecule has 37 heavy (non-hydrogen) atoms. The minimum Gasteiger partial charge on any atom is -0.352 e. The quantitative estimate of drug-likeness (QED) is 0.357. The predicted molar refractivity (Wildman–Crippen MR) is 146 cm³/mol. The van der Waals surface area contributed by atoms with Gasteiger partial charge >= 0.3 is 0 Å². The van der Waals surface area contributed by atoms with Crippen molar-refractivity contribution in [2.45, 2.75) is 19.9 Å². The lowest BCUT2D eigenvalue weighted by Gasteiger charge is -2.34. The van der Waals surface area contributed by atoms with Crippen molar-refractivity contribution in [3.05, 3.63) is 95.9 Å². The van der Waals surface area contributed by atoms with Crippen LogP contribution in [0.2, 0.25) is 0 Å². The third-order valence-electron chi connectivity index (χ3n) is 6.66. The molecule has 0 bridgehead atoms. The van der Waals surface area contributed by atoms with Gasteiger partial charge in [0.25, 0.3) is 5.91 Å². The Labute approximate surface area is 218 Å². The highest BCUT2D eigenvalue weighted by Crippen LogP contribution is 2.23. The second-order valence-electron chi connectivity index (χ2n) is 9.43. The van der Waals surface area contributed by atoms with E-state index < -0.39 is 0 Å². The van der Waals surface area contributed by atoms with Crippen LogP contribution < -0.4 is 10.2 Å². The van der Waals surface area contributed by atoms with Crippen LogP contribution in [0.4, 0.5) is 5.95 Å². The van der Waals surface area contributed by atoms with Crippen LogP contribution in [0.3, 0.4) is 0 Å². The minimum absolute atomic E-state index is 0.0825. The molecular weight excluding hydrogens is 462 g/mol. The third kappa shape index (κ3) is 6.40. The number of rotatable bonds is 9. The summed E-state index contributed by atoms with van der Waals surface area (Å²) < 4.78 is 1.86. The number of carbonyl (C=O) groups is 1. The monoisotopic (exact) mass is 495 g/mol. The van der Waals surface area contributed by atoms with Crippen LogP contribution in [-0.2, 0) is 6.54 Å². The van der Waals surface area contributed by atoms with E-state index in [-0.39, 0.29) is 5.91 Å². The maximum Gasteiger partial charge on any atom is 0.255 e. The van der Waals surface area contributed by atoms with Gasteiger partial charge in [-0.1, -0.05) is 60.2 Å². The number of hydrogen-bond acceptors (Lipinski definition) is 6. The fourth-order valence-electron chi connectivity index (χ4n) is 4.59. The number of amides is 1. The SMILES string of the molecule is Cc1ccc(-c2nn(Cc3ccccc3)cc2C(=O)NCCCN2CCN(c3ncccn3)CC2)cc1. The van der Waals surface area contributed by atoms with Crippen molar-refractivity contribution in [3.8, 4) is 11.3 Å². The Hall–Kier alpha value is -4.04. The number of anilines is 1. The molecule has 1 aliphatic rings. The maximum absolute atomic E-state index is 13.2. The third-order valence-corrected chi connectivity index (χ3v) is 6.66. The van der Waals surface area contributed by atoms with Crippen LogP contribution in [0.25, 0.3) is 11.3 Å². The standard InChI is InChI=1S/C29H33N7O/c1-23-9-11-25(12-10-23)27-26(22-36(33-27)21-24-7-3-2-4-8-24)28(37)30-15-6-16-34-17-19-35(20-18-34)29-31-13-5-14-32-29/h2-5,7-14,22H,6,15-21H2,1H3,(H,30,37). The van der Waals surface area contributed by atoms with Gasteiger partial charge in [0.1, 0.15) is 5.69 Å². The first kappa shape index (κ1) is 24.6. The first-order chi connectivity index (χ1) is 18.2. The van der Waals surface area contributed by atoms with E-state index in [0.717, 1.165) is 56.2 Å². The summed E-state index contributed by atoms with van der Waals surface area (Å²) in [6.45, 7) is 8.01. The number of piperazine rings is 1. The normalized spacial score (nSPS) is 14.0. The zero-order chi connectivity index (χ0) is 25.5. The predicted octanol–water partition coefficient (Wildman–Crippen LogP) is 3.64. The number of benzene rings is 2. The Bertz CT molecular complexity index is 1280. The average Bonchev–Trinajstić information content (AvgIpc) is 3.36. The van der Waals surface area contributed by atoms with E-state index in [1.165, 1.54) is 5.56 Å². The molecule has 0 saturated carbocycles. The molecule has 1 amide bonds. The largest absolute Gasteiger partial charge is 0.352 e. The van der Waals surface area contributed by atoms with Crippen molar-refractivity contribution < 1.29 is 4.79 Å². The summed E-state index contributed by atoms with van der Waals surface area (Å²) >= 11 is 0. The smallest absolute Gasteiger partial charge is 0.255 e. The number of nitrogens with zero attached hydrogens (tertiary/aromatic N) is 6. The Kier molecular flexibility index (Phi) is 7.86. The van der Waals surface area contributed by atoms with Crippen LogP contribution >= 0.6 is 0 Å². The summed E-state index contributed by atoms with van der Waals surface area (Å²) in [4.78, 5) is 26.6. The summed E-state index contributed by atoms with van der Waals surface area (Å²) in [7, 11) is 0. The second kappa shape index (κ2) is 11.8. The molecule has 1 N–H and O–H groups in total. The van der Waals surface area contributed by atoms with Crippen molar-refractivity contribution in [1.82, 2.24) is 30.0 Å². The summed E-state index contributed by atoms with van der Waals surface area (Å²) in [6, 6.07) is 20.2. The summed E-state index contributed by atoms with van der Waals surface area (Å²) in [5, 5.41) is 7.92. The van der Waals surface area contributed by atoms with E-state index in [4.69, 9.17) is 5.10 Å². The van der Waals surface area contributed by atoms with Crippen LogP contribution in [0.1, 0.15) is 27.9 Å². The minimum atomic E-state index is -0.0825. The zero-order valence-electron chi connectivity index (χ0n) is 21.3. The molecule has 0 aliphatic carbocycles. The Morgan fingerprint density at radius 3 is 2.38 bits per heavy atom. The molecule has 0 spiro atoms. The molecule has 3 heterocycles. The summed E-state index contributed by atoms with van der Waals surface area (Å²) in [6.07, 6.45) is 6.33. The molecule has 5 rings (SSSR count). The summed E-state index contributed by atoms with van der Waals surface area (Å²) in [5.41, 5.74) is 4.59. The van der Waals surface area contributed by atoms with Gasteiger partial charge < -0.3 is 10.2 Å². The first-order valence-corrected chi connectivity index (χ1v) is 12.9. The van der Waals surface area contributed by atoms with Crippen LogP contribution in [-0.4, -0.2) is 69.8 Å². The van der Waals surface area contributed by atoms with Gasteiger partial charge in [-0.05, 0) is 31.5 Å². The summed E-state index contributed by atoms with van der Waals surface area (Å²) in [5.74, 6) is 0.715. The van der Waals surface area contributed by atoms with E-state index in [2.05, 4.69) is 56.3 Å². The maximum atomic E-state index is 13.2. The Balaban J connectivity index is 1.17. The van der Waals surface area contributed by atoms with Gasteiger partial charge in [-0.2, -0.15) is 5.10 Å². The molecule has 190 valence electrons. The van der Waals surface area contributed by atoms with Crippen molar-refractivity contribution in [2.24, 2.45) is 0 Å².